The standard InChI is InChI=1S/C21H25N3O3S2/c1-15-5-3-4-14-24(15)29(26,27)20-12-10-19(11-13-20)23-21(28)22-18-8-6-17(7-9-18)16(2)25/h6-13,15H,3-5,14H2,1-2H3,(H2,22,23,28)/t15-/m1/s1. The van der Waals surface area contributed by atoms with Crippen LogP contribution in [0.2, 0.25) is 0 Å². The van der Waals surface area contributed by atoms with Gasteiger partial charge in [0.2, 0.25) is 10.0 Å². The van der Waals surface area contributed by atoms with Crippen molar-refractivity contribution in [3.05, 3.63) is 54.1 Å². The molecule has 2 aromatic carbocycles. The Kier molecular flexibility index (Phi) is 6.66. The van der Waals surface area contributed by atoms with E-state index in [2.05, 4.69) is 10.6 Å². The third-order valence-corrected chi connectivity index (χ3v) is 7.24. The molecule has 0 aromatic heterocycles. The zero-order valence-corrected chi connectivity index (χ0v) is 18.1. The molecular weight excluding hydrogens is 406 g/mol. The fraction of sp³-hybridized carbons (Fsp3) is 0.333. The lowest BCUT2D eigenvalue weighted by molar-refractivity contribution is 0.101. The van der Waals surface area contributed by atoms with Crippen molar-refractivity contribution in [1.82, 2.24) is 4.31 Å². The van der Waals surface area contributed by atoms with Gasteiger partial charge in [-0.25, -0.2) is 8.42 Å². The fourth-order valence-corrected chi connectivity index (χ4v) is 5.29. The number of nitrogens with zero attached hydrogens (tertiary/aromatic N) is 1. The van der Waals surface area contributed by atoms with E-state index >= 15 is 0 Å². The number of carbonyl (C=O) groups excluding carboxylic acids is 1. The summed E-state index contributed by atoms with van der Waals surface area (Å²) >= 11 is 5.31. The molecule has 6 nitrogen and oxygen atoms in total. The average molecular weight is 432 g/mol. The van der Waals surface area contributed by atoms with Gasteiger partial charge in [-0.3, -0.25) is 4.79 Å². The molecule has 1 atom stereocenters. The highest BCUT2D eigenvalue weighted by atomic mass is 32.2. The minimum Gasteiger partial charge on any atom is -0.332 e. The molecule has 0 aliphatic carbocycles. The highest BCUT2D eigenvalue weighted by molar-refractivity contribution is 7.89. The van der Waals surface area contributed by atoms with Gasteiger partial charge in [0.25, 0.3) is 0 Å². The molecule has 1 fully saturated rings. The predicted octanol–water partition coefficient (Wildman–Crippen LogP) is 4.26. The molecule has 1 aliphatic heterocycles. The van der Waals surface area contributed by atoms with Crippen LogP contribution in [0.5, 0.6) is 0 Å². The summed E-state index contributed by atoms with van der Waals surface area (Å²) in [4.78, 5) is 11.6. The lowest BCUT2D eigenvalue weighted by atomic mass is 10.1. The first-order valence-corrected chi connectivity index (χ1v) is 11.4. The minimum atomic E-state index is -3.49. The zero-order valence-electron chi connectivity index (χ0n) is 16.5. The zero-order chi connectivity index (χ0) is 21.0. The highest BCUT2D eigenvalue weighted by Gasteiger charge is 2.30. The van der Waals surface area contributed by atoms with Crippen LogP contribution < -0.4 is 10.6 Å². The number of Topliss-reactive ketones (excluding diaryl/α,β-unsaturated/α-hetero) is 1. The topological polar surface area (TPSA) is 78.5 Å². The van der Waals surface area contributed by atoms with Crippen molar-refractivity contribution in [3.8, 4) is 0 Å². The van der Waals surface area contributed by atoms with Gasteiger partial charge in [-0.15, -0.1) is 0 Å². The molecule has 3 rings (SSSR count). The Labute approximate surface area is 177 Å². The Bertz CT molecular complexity index is 987. The van der Waals surface area contributed by atoms with Gasteiger partial charge >= 0.3 is 0 Å². The molecular formula is C21H25N3O3S2. The maximum Gasteiger partial charge on any atom is 0.243 e. The number of nitrogens with one attached hydrogen (secondary N) is 2. The number of thiocarbonyl (C=S) groups is 1. The van der Waals surface area contributed by atoms with Crippen LogP contribution >= 0.6 is 12.2 Å². The molecule has 0 amide bonds. The van der Waals surface area contributed by atoms with Crippen molar-refractivity contribution in [1.29, 1.82) is 0 Å². The Hall–Kier alpha value is -2.29. The largest absolute Gasteiger partial charge is 0.332 e. The van der Waals surface area contributed by atoms with E-state index in [1.165, 1.54) is 6.92 Å². The molecule has 1 aliphatic rings. The van der Waals surface area contributed by atoms with Gasteiger partial charge in [0.15, 0.2) is 10.9 Å². The van der Waals surface area contributed by atoms with Gasteiger partial charge in [0.1, 0.15) is 0 Å². The third-order valence-electron chi connectivity index (χ3n) is 5.01. The normalized spacial score (nSPS) is 17.5. The van der Waals surface area contributed by atoms with Crippen molar-refractivity contribution in [2.24, 2.45) is 0 Å². The number of hydrogen-bond donors (Lipinski definition) is 2. The van der Waals surface area contributed by atoms with Crippen LogP contribution in [0.4, 0.5) is 11.4 Å². The smallest absolute Gasteiger partial charge is 0.243 e. The van der Waals surface area contributed by atoms with E-state index in [1.54, 1.807) is 52.8 Å². The molecule has 0 saturated carbocycles. The number of piperidine rings is 1. The molecule has 1 saturated heterocycles. The molecule has 2 aromatic rings. The van der Waals surface area contributed by atoms with Crippen molar-refractivity contribution < 1.29 is 13.2 Å². The van der Waals surface area contributed by atoms with Gasteiger partial charge in [0.05, 0.1) is 4.90 Å². The first kappa shape index (κ1) is 21.4. The molecule has 8 heteroatoms. The molecule has 0 radical (unpaired) electrons. The summed E-state index contributed by atoms with van der Waals surface area (Å²) in [6.07, 6.45) is 2.86. The van der Waals surface area contributed by atoms with Gasteiger partial charge in [-0.05, 0) is 87.4 Å². The number of carbonyl (C=O) groups is 1. The Morgan fingerprint density at radius 1 is 1.00 bits per heavy atom. The maximum absolute atomic E-state index is 12.9. The van der Waals surface area contributed by atoms with Crippen molar-refractivity contribution in [2.75, 3.05) is 17.2 Å². The molecule has 154 valence electrons. The highest BCUT2D eigenvalue weighted by Crippen LogP contribution is 2.26. The van der Waals surface area contributed by atoms with Crippen LogP contribution in [0.15, 0.2) is 53.4 Å². The third kappa shape index (κ3) is 5.20. The van der Waals surface area contributed by atoms with Gasteiger partial charge in [-0.2, -0.15) is 4.31 Å². The monoisotopic (exact) mass is 431 g/mol. The van der Waals surface area contributed by atoms with Crippen LogP contribution in [-0.4, -0.2) is 36.2 Å². The van der Waals surface area contributed by atoms with Crippen molar-refractivity contribution >= 4 is 44.5 Å². The van der Waals surface area contributed by atoms with Crippen molar-refractivity contribution in [3.63, 3.8) is 0 Å². The SMILES string of the molecule is CC(=O)c1ccc(NC(=S)Nc2ccc(S(=O)(=O)N3CCCC[C@H]3C)cc2)cc1. The molecule has 0 bridgehead atoms. The first-order chi connectivity index (χ1) is 13.8. The van der Waals surface area contributed by atoms with Gasteiger partial charge < -0.3 is 10.6 Å². The number of sulfonamides is 1. The Balaban J connectivity index is 1.64. The van der Waals surface area contributed by atoms with E-state index in [1.807, 2.05) is 6.92 Å². The van der Waals surface area contributed by atoms with E-state index in [-0.39, 0.29) is 16.7 Å². The minimum absolute atomic E-state index is 0.00578. The number of benzene rings is 2. The van der Waals surface area contributed by atoms with E-state index < -0.39 is 10.0 Å². The van der Waals surface area contributed by atoms with E-state index in [0.717, 1.165) is 24.9 Å². The number of rotatable bonds is 5. The second-order valence-corrected chi connectivity index (χ2v) is 9.50. The summed E-state index contributed by atoms with van der Waals surface area (Å²) in [5.41, 5.74) is 2.08. The van der Waals surface area contributed by atoms with Crippen LogP contribution in [-0.2, 0) is 10.0 Å². The molecule has 29 heavy (non-hydrogen) atoms. The predicted molar refractivity (Wildman–Crippen MR) is 120 cm³/mol. The lowest BCUT2D eigenvalue weighted by Gasteiger charge is -2.32. The van der Waals surface area contributed by atoms with Gasteiger partial charge in [-0.1, -0.05) is 6.42 Å². The average Bonchev–Trinajstić information content (AvgIpc) is 2.69. The van der Waals surface area contributed by atoms with Gasteiger partial charge in [0, 0.05) is 29.5 Å². The molecule has 0 unspecified atom stereocenters. The summed E-state index contributed by atoms with van der Waals surface area (Å²) in [7, 11) is -3.49. The summed E-state index contributed by atoms with van der Waals surface area (Å²) in [6.45, 7) is 4.05. The van der Waals surface area contributed by atoms with E-state index in [0.29, 0.717) is 22.9 Å². The second kappa shape index (κ2) is 9.02. The number of ketones is 1. The number of hydrogen-bond acceptors (Lipinski definition) is 4. The van der Waals surface area contributed by atoms with Crippen LogP contribution in [0, 0.1) is 0 Å². The molecule has 0 spiro atoms. The van der Waals surface area contributed by atoms with Crippen molar-refractivity contribution in [2.45, 2.75) is 44.0 Å². The maximum atomic E-state index is 12.9. The van der Waals surface area contributed by atoms with E-state index in [4.69, 9.17) is 12.2 Å². The second-order valence-electron chi connectivity index (χ2n) is 7.20. The summed E-state index contributed by atoms with van der Waals surface area (Å²) in [5.74, 6) is 0.00578. The fourth-order valence-electron chi connectivity index (χ4n) is 3.36. The summed E-state index contributed by atoms with van der Waals surface area (Å²) in [5, 5.41) is 6.46. The van der Waals surface area contributed by atoms with Crippen LogP contribution in [0.3, 0.4) is 0 Å². The molecule has 2 N–H and O–H groups in total. The van der Waals surface area contributed by atoms with Crippen LogP contribution in [0.1, 0.15) is 43.5 Å². The van der Waals surface area contributed by atoms with Crippen LogP contribution in [0.25, 0.3) is 0 Å². The summed E-state index contributed by atoms with van der Waals surface area (Å²) < 4.78 is 27.4. The first-order valence-electron chi connectivity index (χ1n) is 9.58. The quantitative estimate of drug-likeness (QED) is 0.544. The summed E-state index contributed by atoms with van der Waals surface area (Å²) in [6, 6.07) is 13.6. The number of anilines is 2. The lowest BCUT2D eigenvalue weighted by Crippen LogP contribution is -2.41. The Morgan fingerprint density at radius 3 is 2.07 bits per heavy atom. The van der Waals surface area contributed by atoms with E-state index in [9.17, 15) is 13.2 Å². The Morgan fingerprint density at radius 2 is 1.55 bits per heavy atom. The molecule has 1 heterocycles.